The number of likely N-dealkylation sites (tertiary alicyclic amines) is 1. The minimum atomic E-state index is 0. The maximum Gasteiger partial charge on any atom is 0.0575 e. The van der Waals surface area contributed by atoms with Gasteiger partial charge in [-0.1, -0.05) is 27.2 Å². The first-order chi connectivity index (χ1) is 9.61. The molecule has 0 aromatic rings. The Morgan fingerprint density at radius 1 is 1.20 bits per heavy atom. The van der Waals surface area contributed by atoms with Crippen molar-refractivity contribution in [2.45, 2.75) is 77.9 Å². The molecule has 1 saturated heterocycles. The highest BCUT2D eigenvalue weighted by Gasteiger charge is 2.22. The third-order valence-corrected chi connectivity index (χ3v) is 4.15. The quantitative estimate of drug-likeness (QED) is 0.809. The SMILES string of the molecule is CC(C)N.CCCCN1CCC(COC2CCC2)CC1.[HH]. The number of rotatable bonds is 6. The van der Waals surface area contributed by atoms with Gasteiger partial charge in [-0.3, -0.25) is 0 Å². The second-order valence-corrected chi connectivity index (χ2v) is 6.77. The lowest BCUT2D eigenvalue weighted by Gasteiger charge is -2.33. The highest BCUT2D eigenvalue weighted by Crippen LogP contribution is 2.25. The minimum absolute atomic E-state index is 0. The summed E-state index contributed by atoms with van der Waals surface area (Å²) in [5.41, 5.74) is 5.11. The molecule has 0 aromatic heterocycles. The van der Waals surface area contributed by atoms with Crippen molar-refractivity contribution in [2.75, 3.05) is 26.2 Å². The summed E-state index contributed by atoms with van der Waals surface area (Å²) in [4.78, 5) is 2.63. The van der Waals surface area contributed by atoms with Crippen LogP contribution in [0.2, 0.25) is 0 Å². The summed E-state index contributed by atoms with van der Waals surface area (Å²) in [7, 11) is 0. The molecule has 0 unspecified atom stereocenters. The van der Waals surface area contributed by atoms with E-state index in [1.165, 1.54) is 64.6 Å². The van der Waals surface area contributed by atoms with Crippen LogP contribution in [-0.2, 0) is 4.74 Å². The van der Waals surface area contributed by atoms with Gasteiger partial charge in [-0.25, -0.2) is 0 Å². The van der Waals surface area contributed by atoms with Crippen molar-refractivity contribution >= 4 is 0 Å². The molecule has 0 spiro atoms. The lowest BCUT2D eigenvalue weighted by Crippen LogP contribution is -2.36. The van der Waals surface area contributed by atoms with E-state index in [9.17, 15) is 0 Å². The third kappa shape index (κ3) is 8.23. The van der Waals surface area contributed by atoms with Gasteiger partial charge < -0.3 is 15.4 Å². The van der Waals surface area contributed by atoms with E-state index >= 15 is 0 Å². The first kappa shape index (κ1) is 17.9. The molecule has 3 nitrogen and oxygen atoms in total. The normalized spacial score (nSPS) is 21.4. The fourth-order valence-electron chi connectivity index (χ4n) is 2.57. The van der Waals surface area contributed by atoms with E-state index in [0.29, 0.717) is 12.1 Å². The van der Waals surface area contributed by atoms with E-state index in [4.69, 9.17) is 10.5 Å². The first-order valence-corrected chi connectivity index (χ1v) is 8.71. The molecule has 20 heavy (non-hydrogen) atoms. The second-order valence-electron chi connectivity index (χ2n) is 6.77. The van der Waals surface area contributed by atoms with Gasteiger partial charge >= 0.3 is 0 Å². The largest absolute Gasteiger partial charge is 0.378 e. The molecular formula is C17H38N2O. The van der Waals surface area contributed by atoms with Crippen LogP contribution in [0.25, 0.3) is 0 Å². The molecule has 2 rings (SSSR count). The van der Waals surface area contributed by atoms with E-state index in [-0.39, 0.29) is 1.43 Å². The number of hydrogen-bond donors (Lipinski definition) is 1. The van der Waals surface area contributed by atoms with E-state index < -0.39 is 0 Å². The lowest BCUT2D eigenvalue weighted by molar-refractivity contribution is -0.0259. The topological polar surface area (TPSA) is 38.5 Å². The molecule has 2 N–H and O–H groups in total. The van der Waals surface area contributed by atoms with Gasteiger partial charge in [-0.2, -0.15) is 0 Å². The van der Waals surface area contributed by atoms with E-state index in [0.717, 1.165) is 12.5 Å². The number of piperidine rings is 1. The Balaban J connectivity index is 0.000000715. The van der Waals surface area contributed by atoms with Gasteiger partial charge in [0.25, 0.3) is 0 Å². The van der Waals surface area contributed by atoms with Crippen molar-refractivity contribution in [2.24, 2.45) is 11.7 Å². The van der Waals surface area contributed by atoms with Crippen molar-refractivity contribution in [3.63, 3.8) is 0 Å². The molecule has 1 aliphatic carbocycles. The molecule has 0 amide bonds. The van der Waals surface area contributed by atoms with Gasteiger partial charge in [0.15, 0.2) is 0 Å². The van der Waals surface area contributed by atoms with E-state index in [1.807, 2.05) is 13.8 Å². The van der Waals surface area contributed by atoms with E-state index in [2.05, 4.69) is 11.8 Å². The molecule has 1 saturated carbocycles. The zero-order chi connectivity index (χ0) is 14.8. The molecule has 2 fully saturated rings. The molecule has 3 heteroatoms. The van der Waals surface area contributed by atoms with Crippen molar-refractivity contribution in [3.8, 4) is 0 Å². The molecule has 0 bridgehead atoms. The molecular weight excluding hydrogens is 248 g/mol. The van der Waals surface area contributed by atoms with Gasteiger partial charge in [0.2, 0.25) is 0 Å². The number of nitrogens with two attached hydrogens (primary N) is 1. The van der Waals surface area contributed by atoms with Gasteiger partial charge in [-0.15, -0.1) is 0 Å². The van der Waals surface area contributed by atoms with Crippen LogP contribution in [0, 0.1) is 5.92 Å². The van der Waals surface area contributed by atoms with Crippen LogP contribution in [0.3, 0.4) is 0 Å². The Labute approximate surface area is 127 Å². The Morgan fingerprint density at radius 2 is 1.80 bits per heavy atom. The molecule has 0 aromatic carbocycles. The van der Waals surface area contributed by atoms with Crippen molar-refractivity contribution in [3.05, 3.63) is 0 Å². The standard InChI is InChI=1S/C14H27NO.C3H9N.H2/c1-2-3-9-15-10-7-13(8-11-15)12-16-14-5-4-6-14;1-3(2)4;/h13-14H,2-12H2,1H3;3H,4H2,1-2H3;1H. The Morgan fingerprint density at radius 3 is 2.25 bits per heavy atom. The average molecular weight is 287 g/mol. The van der Waals surface area contributed by atoms with Crippen LogP contribution < -0.4 is 5.73 Å². The van der Waals surface area contributed by atoms with Crippen molar-refractivity contribution < 1.29 is 6.16 Å². The average Bonchev–Trinajstić information content (AvgIpc) is 2.35. The van der Waals surface area contributed by atoms with Crippen LogP contribution in [0.15, 0.2) is 0 Å². The smallest absolute Gasteiger partial charge is 0.0575 e. The number of hydrogen-bond acceptors (Lipinski definition) is 3. The predicted molar refractivity (Wildman–Crippen MR) is 89.1 cm³/mol. The third-order valence-electron chi connectivity index (χ3n) is 4.15. The van der Waals surface area contributed by atoms with Crippen LogP contribution in [0.4, 0.5) is 0 Å². The maximum atomic E-state index is 5.92. The molecule has 2 aliphatic rings. The van der Waals surface area contributed by atoms with Crippen LogP contribution in [-0.4, -0.2) is 43.3 Å². The van der Waals surface area contributed by atoms with E-state index in [1.54, 1.807) is 0 Å². The zero-order valence-electron chi connectivity index (χ0n) is 13.9. The highest BCUT2D eigenvalue weighted by molar-refractivity contribution is 4.74. The van der Waals surface area contributed by atoms with Crippen LogP contribution >= 0.6 is 0 Å². The molecule has 0 atom stereocenters. The summed E-state index contributed by atoms with van der Waals surface area (Å²) in [5, 5.41) is 0. The van der Waals surface area contributed by atoms with Crippen LogP contribution in [0.5, 0.6) is 0 Å². The predicted octanol–water partition coefficient (Wildman–Crippen LogP) is 3.67. The Hall–Kier alpha value is -0.120. The number of nitrogens with zero attached hydrogens (tertiary/aromatic N) is 1. The molecule has 0 radical (unpaired) electrons. The number of unbranched alkanes of at least 4 members (excludes halogenated alkanes) is 1. The monoisotopic (exact) mass is 286 g/mol. The van der Waals surface area contributed by atoms with Crippen LogP contribution in [0.1, 0.15) is 67.1 Å². The summed E-state index contributed by atoms with van der Waals surface area (Å²) in [5.74, 6) is 0.846. The highest BCUT2D eigenvalue weighted by atomic mass is 16.5. The molecule has 1 heterocycles. The van der Waals surface area contributed by atoms with Gasteiger partial charge in [-0.05, 0) is 70.1 Å². The van der Waals surface area contributed by atoms with Gasteiger partial charge in [0.05, 0.1) is 6.10 Å². The van der Waals surface area contributed by atoms with Crippen molar-refractivity contribution in [1.29, 1.82) is 0 Å². The molecule has 1 aliphatic heterocycles. The zero-order valence-corrected chi connectivity index (χ0v) is 13.9. The Bertz CT molecular complexity index is 224. The van der Waals surface area contributed by atoms with Gasteiger partial charge in [0, 0.05) is 8.03 Å². The Kier molecular flexibility index (Phi) is 9.49. The number of ether oxygens (including phenoxy) is 1. The first-order valence-electron chi connectivity index (χ1n) is 8.71. The van der Waals surface area contributed by atoms with Gasteiger partial charge in [0.1, 0.15) is 0 Å². The lowest BCUT2D eigenvalue weighted by atomic mass is 9.94. The summed E-state index contributed by atoms with van der Waals surface area (Å²) in [6.07, 6.45) is 10.0. The van der Waals surface area contributed by atoms with Crippen molar-refractivity contribution in [1.82, 2.24) is 4.90 Å². The summed E-state index contributed by atoms with van der Waals surface area (Å²) < 4.78 is 5.92. The summed E-state index contributed by atoms with van der Waals surface area (Å²) in [6, 6.07) is 0.333. The summed E-state index contributed by atoms with van der Waals surface area (Å²) in [6.45, 7) is 11.1. The second kappa shape index (κ2) is 10.6. The maximum absolute atomic E-state index is 5.92. The summed E-state index contributed by atoms with van der Waals surface area (Å²) >= 11 is 0. The minimum Gasteiger partial charge on any atom is -0.378 e. The fraction of sp³-hybridized carbons (Fsp3) is 1.00. The fourth-order valence-corrected chi connectivity index (χ4v) is 2.57. The molecule has 122 valence electrons.